The monoisotopic (exact) mass is 274 g/mol. The van der Waals surface area contributed by atoms with E-state index in [0.29, 0.717) is 11.1 Å². The molecule has 5 heteroatoms. The van der Waals surface area contributed by atoms with Crippen molar-refractivity contribution in [2.75, 3.05) is 11.9 Å². The molecule has 0 fully saturated rings. The molecule has 0 aromatic heterocycles. The van der Waals surface area contributed by atoms with Crippen LogP contribution in [0.1, 0.15) is 17.2 Å². The predicted molar refractivity (Wildman–Crippen MR) is 71.0 cm³/mol. The van der Waals surface area contributed by atoms with Crippen LogP contribution in [0.4, 0.5) is 14.5 Å². The number of benzene rings is 2. The highest BCUT2D eigenvalue weighted by atomic mass is 19.1. The van der Waals surface area contributed by atoms with Crippen molar-refractivity contribution in [2.45, 2.75) is 6.10 Å². The second-order valence-electron chi connectivity index (χ2n) is 4.25. The third-order valence-electron chi connectivity index (χ3n) is 2.84. The first kappa shape index (κ1) is 14.0. The Morgan fingerprint density at radius 1 is 1.15 bits per heavy atom. The van der Waals surface area contributed by atoms with E-state index >= 15 is 0 Å². The number of anilines is 1. The zero-order chi connectivity index (χ0) is 14.5. The van der Waals surface area contributed by atoms with Crippen molar-refractivity contribution in [3.63, 3.8) is 0 Å². The number of hydrogen-bond donors (Lipinski definition) is 2. The summed E-state index contributed by atoms with van der Waals surface area (Å²) in [6.07, 6.45) is -0.884. The van der Waals surface area contributed by atoms with E-state index < -0.39 is 17.7 Å². The van der Waals surface area contributed by atoms with Crippen LogP contribution in [0.15, 0.2) is 42.5 Å². The molecule has 2 aromatic rings. The van der Waals surface area contributed by atoms with Crippen LogP contribution >= 0.6 is 0 Å². The molecule has 0 saturated heterocycles. The fourth-order valence-electron chi connectivity index (χ4n) is 1.74. The average molecular weight is 274 g/mol. The highest BCUT2D eigenvalue weighted by Crippen LogP contribution is 2.18. The molecule has 0 heterocycles. The van der Waals surface area contributed by atoms with Gasteiger partial charge in [-0.1, -0.05) is 12.1 Å². The highest BCUT2D eigenvalue weighted by Gasteiger charge is 2.09. The zero-order valence-electron chi connectivity index (χ0n) is 10.5. The molecule has 0 aliphatic carbocycles. The van der Waals surface area contributed by atoms with Gasteiger partial charge in [0, 0.05) is 6.54 Å². The van der Waals surface area contributed by atoms with Gasteiger partial charge in [-0.2, -0.15) is 5.26 Å². The molecule has 0 saturated carbocycles. The minimum atomic E-state index is -0.884. The lowest BCUT2D eigenvalue weighted by atomic mass is 10.1. The maximum atomic E-state index is 13.4. The van der Waals surface area contributed by atoms with Crippen molar-refractivity contribution >= 4 is 5.69 Å². The molecule has 0 aliphatic heterocycles. The predicted octanol–water partition coefficient (Wildman–Crippen LogP) is 2.98. The van der Waals surface area contributed by atoms with E-state index in [0.717, 1.165) is 18.2 Å². The summed E-state index contributed by atoms with van der Waals surface area (Å²) in [5, 5.41) is 21.3. The molecule has 102 valence electrons. The Morgan fingerprint density at radius 3 is 2.50 bits per heavy atom. The van der Waals surface area contributed by atoms with Gasteiger partial charge in [0.2, 0.25) is 0 Å². The standard InChI is InChI=1S/C15H12F2N2O/c16-12-5-6-13(17)14(7-12)19-9-15(20)11-3-1-10(8-18)2-4-11/h1-7,15,19-20H,9H2. The molecule has 1 unspecified atom stereocenters. The number of halogens is 2. The third-order valence-corrected chi connectivity index (χ3v) is 2.84. The molecule has 2 aromatic carbocycles. The van der Waals surface area contributed by atoms with E-state index in [9.17, 15) is 13.9 Å². The molecule has 2 N–H and O–H groups in total. The van der Waals surface area contributed by atoms with E-state index in [4.69, 9.17) is 5.26 Å². The van der Waals surface area contributed by atoms with Crippen LogP contribution in [0.2, 0.25) is 0 Å². The molecule has 0 radical (unpaired) electrons. The molecule has 0 aliphatic rings. The van der Waals surface area contributed by atoms with E-state index in [1.54, 1.807) is 24.3 Å². The smallest absolute Gasteiger partial charge is 0.146 e. The normalized spacial score (nSPS) is 11.7. The van der Waals surface area contributed by atoms with Gasteiger partial charge in [0.25, 0.3) is 0 Å². The second kappa shape index (κ2) is 6.13. The lowest BCUT2D eigenvalue weighted by molar-refractivity contribution is 0.191. The summed E-state index contributed by atoms with van der Waals surface area (Å²) in [6, 6.07) is 11.5. The molecular formula is C15H12F2N2O. The maximum absolute atomic E-state index is 13.4. The Hall–Kier alpha value is -2.45. The van der Waals surface area contributed by atoms with Gasteiger partial charge in [-0.25, -0.2) is 8.78 Å². The minimum Gasteiger partial charge on any atom is -0.387 e. The fraction of sp³-hybridized carbons (Fsp3) is 0.133. The Morgan fingerprint density at radius 2 is 1.85 bits per heavy atom. The van der Waals surface area contributed by atoms with Crippen molar-refractivity contribution in [1.82, 2.24) is 0 Å². The molecule has 20 heavy (non-hydrogen) atoms. The Kier molecular flexibility index (Phi) is 4.28. The molecule has 0 bridgehead atoms. The van der Waals surface area contributed by atoms with Crippen molar-refractivity contribution in [3.8, 4) is 6.07 Å². The van der Waals surface area contributed by atoms with Crippen molar-refractivity contribution in [1.29, 1.82) is 5.26 Å². The number of nitriles is 1. The number of nitrogens with zero attached hydrogens (tertiary/aromatic N) is 1. The first-order valence-electron chi connectivity index (χ1n) is 5.97. The van der Waals surface area contributed by atoms with Crippen LogP contribution in [0.25, 0.3) is 0 Å². The number of aliphatic hydroxyl groups is 1. The van der Waals surface area contributed by atoms with Crippen LogP contribution in [0.5, 0.6) is 0 Å². The maximum Gasteiger partial charge on any atom is 0.146 e. The quantitative estimate of drug-likeness (QED) is 0.901. The number of nitrogens with one attached hydrogen (secondary N) is 1. The summed E-state index contributed by atoms with van der Waals surface area (Å²) < 4.78 is 26.4. The van der Waals surface area contributed by atoms with Crippen molar-refractivity contribution < 1.29 is 13.9 Å². The van der Waals surface area contributed by atoms with Crippen molar-refractivity contribution in [3.05, 3.63) is 65.2 Å². The molecular weight excluding hydrogens is 262 g/mol. The summed E-state index contributed by atoms with van der Waals surface area (Å²) >= 11 is 0. The molecule has 2 rings (SSSR count). The van der Waals surface area contributed by atoms with Crippen LogP contribution in [0.3, 0.4) is 0 Å². The largest absolute Gasteiger partial charge is 0.387 e. The SMILES string of the molecule is N#Cc1ccc(C(O)CNc2cc(F)ccc2F)cc1. The summed E-state index contributed by atoms with van der Waals surface area (Å²) in [6.45, 7) is 0.0340. The Bertz CT molecular complexity index is 635. The van der Waals surface area contributed by atoms with Crippen LogP contribution < -0.4 is 5.32 Å². The van der Waals surface area contributed by atoms with Crippen LogP contribution in [0, 0.1) is 23.0 Å². The zero-order valence-corrected chi connectivity index (χ0v) is 10.5. The minimum absolute atomic E-state index is 0.00213. The van der Waals surface area contributed by atoms with Crippen LogP contribution in [-0.4, -0.2) is 11.7 Å². The molecule has 1 atom stereocenters. The summed E-state index contributed by atoms with van der Waals surface area (Å²) in [4.78, 5) is 0. The van der Waals surface area contributed by atoms with Crippen molar-refractivity contribution in [2.24, 2.45) is 0 Å². The summed E-state index contributed by atoms with van der Waals surface area (Å²) in [5.74, 6) is -1.14. The van der Waals surface area contributed by atoms with Gasteiger partial charge < -0.3 is 10.4 Å². The fourth-order valence-corrected chi connectivity index (χ4v) is 1.74. The highest BCUT2D eigenvalue weighted by molar-refractivity contribution is 5.45. The lowest BCUT2D eigenvalue weighted by Crippen LogP contribution is -2.13. The topological polar surface area (TPSA) is 56.0 Å². The number of hydrogen-bond acceptors (Lipinski definition) is 3. The van der Waals surface area contributed by atoms with Gasteiger partial charge in [0.05, 0.1) is 23.4 Å². The summed E-state index contributed by atoms with van der Waals surface area (Å²) in [7, 11) is 0. The van der Waals surface area contributed by atoms with E-state index in [1.165, 1.54) is 0 Å². The van der Waals surface area contributed by atoms with Gasteiger partial charge in [0.15, 0.2) is 0 Å². The van der Waals surface area contributed by atoms with Gasteiger partial charge in [-0.15, -0.1) is 0 Å². The van der Waals surface area contributed by atoms with Gasteiger partial charge in [-0.05, 0) is 35.9 Å². The van der Waals surface area contributed by atoms with Gasteiger partial charge in [-0.3, -0.25) is 0 Å². The van der Waals surface area contributed by atoms with E-state index in [2.05, 4.69) is 5.32 Å². The molecule has 0 amide bonds. The Labute approximate surface area is 115 Å². The molecule has 3 nitrogen and oxygen atoms in total. The van der Waals surface area contributed by atoms with E-state index in [-0.39, 0.29) is 12.2 Å². The molecule has 0 spiro atoms. The summed E-state index contributed by atoms with van der Waals surface area (Å²) in [5.41, 5.74) is 1.08. The van der Waals surface area contributed by atoms with Gasteiger partial charge >= 0.3 is 0 Å². The number of rotatable bonds is 4. The second-order valence-corrected chi connectivity index (χ2v) is 4.25. The first-order chi connectivity index (χ1) is 9.60. The average Bonchev–Trinajstić information content (AvgIpc) is 2.48. The van der Waals surface area contributed by atoms with E-state index in [1.807, 2.05) is 6.07 Å². The van der Waals surface area contributed by atoms with Gasteiger partial charge in [0.1, 0.15) is 11.6 Å². The lowest BCUT2D eigenvalue weighted by Gasteiger charge is -2.13. The number of aliphatic hydroxyl groups excluding tert-OH is 1. The first-order valence-corrected chi connectivity index (χ1v) is 5.97. The van der Waals surface area contributed by atoms with Crippen LogP contribution in [-0.2, 0) is 0 Å². The Balaban J connectivity index is 2.02. The third kappa shape index (κ3) is 3.31.